The van der Waals surface area contributed by atoms with E-state index >= 15 is 0 Å². The number of benzene rings is 4. The molecule has 11 nitrogen and oxygen atoms in total. The van der Waals surface area contributed by atoms with Gasteiger partial charge in [-0.3, -0.25) is 19.7 Å². The quantitative estimate of drug-likeness (QED) is 0.0837. The lowest BCUT2D eigenvalue weighted by Crippen LogP contribution is -2.19. The first-order valence-corrected chi connectivity index (χ1v) is 16.0. The summed E-state index contributed by atoms with van der Waals surface area (Å²) in [4.78, 5) is 57.4. The third-order valence-corrected chi connectivity index (χ3v) is 9.80. The van der Waals surface area contributed by atoms with E-state index in [1.807, 2.05) is 0 Å². The largest absolute Gasteiger partial charge is 0.478 e. The number of nitrogens with one attached hydrogen (secondary N) is 2. The number of nitrogens with zero attached hydrogens (tertiary/aromatic N) is 3. The standard InChI is InChI=1S/C31H18ClN5O6S3/c32-21-4-2-1-3-20(21)27(38)33-19-10-11-22-25(15-19)46-31(35-22)45-24-12-5-16(13-23(24)37(42)43)14-26-28(39)36-30(44-26)34-18-8-6-17(7-9-18)29(40)41/h1-15H,(H,33,38)(H,40,41)(H,34,36,39)/b26-14-. The van der Waals surface area contributed by atoms with Crippen molar-refractivity contribution >= 4 is 103 Å². The lowest BCUT2D eigenvalue weighted by molar-refractivity contribution is -0.387. The van der Waals surface area contributed by atoms with E-state index in [0.717, 1.165) is 28.2 Å². The molecule has 6 rings (SSSR count). The van der Waals surface area contributed by atoms with E-state index in [0.29, 0.717) is 52.3 Å². The van der Waals surface area contributed by atoms with E-state index in [4.69, 9.17) is 16.7 Å². The molecule has 3 N–H and O–H groups in total. The van der Waals surface area contributed by atoms with Crippen molar-refractivity contribution in [1.29, 1.82) is 0 Å². The van der Waals surface area contributed by atoms with Gasteiger partial charge in [-0.15, -0.1) is 11.3 Å². The van der Waals surface area contributed by atoms with Gasteiger partial charge in [-0.05, 0) is 84.1 Å². The van der Waals surface area contributed by atoms with Gasteiger partial charge < -0.3 is 15.7 Å². The zero-order valence-electron chi connectivity index (χ0n) is 23.1. The number of carboxylic acid groups (broad SMARTS) is 1. The number of aliphatic imine (C=N–C) groups is 1. The normalized spacial score (nSPS) is 14.5. The molecule has 0 radical (unpaired) electrons. The summed E-state index contributed by atoms with van der Waals surface area (Å²) < 4.78 is 1.35. The number of thiazole rings is 1. The van der Waals surface area contributed by atoms with Crippen molar-refractivity contribution in [1.82, 2.24) is 10.3 Å². The van der Waals surface area contributed by atoms with Gasteiger partial charge in [0.25, 0.3) is 17.5 Å². The van der Waals surface area contributed by atoms with E-state index in [1.54, 1.807) is 54.6 Å². The number of nitro benzene ring substituents is 1. The number of carboxylic acids is 1. The maximum Gasteiger partial charge on any atom is 0.335 e. The van der Waals surface area contributed by atoms with Crippen molar-refractivity contribution in [2.75, 3.05) is 5.32 Å². The Bertz CT molecular complexity index is 2130. The highest BCUT2D eigenvalue weighted by Gasteiger charge is 2.25. The van der Waals surface area contributed by atoms with Crippen LogP contribution in [0.3, 0.4) is 0 Å². The number of fused-ring (bicyclic) bond motifs is 1. The van der Waals surface area contributed by atoms with Crippen LogP contribution in [-0.2, 0) is 4.79 Å². The molecule has 228 valence electrons. The second kappa shape index (κ2) is 13.1. The molecule has 1 aliphatic rings. The number of carbonyl (C=O) groups is 3. The van der Waals surface area contributed by atoms with Crippen LogP contribution in [0.1, 0.15) is 26.3 Å². The summed E-state index contributed by atoms with van der Waals surface area (Å²) in [6.07, 6.45) is 1.54. The van der Waals surface area contributed by atoms with Crippen molar-refractivity contribution in [2.45, 2.75) is 9.24 Å². The Kier molecular flexibility index (Phi) is 8.85. The predicted octanol–water partition coefficient (Wildman–Crippen LogP) is 7.85. The Morgan fingerprint density at radius 3 is 2.59 bits per heavy atom. The number of nitro groups is 1. The summed E-state index contributed by atoms with van der Waals surface area (Å²) >= 11 is 9.67. The van der Waals surface area contributed by atoms with E-state index in [2.05, 4.69) is 20.6 Å². The number of carbonyl (C=O) groups excluding carboxylic acids is 2. The maximum atomic E-state index is 12.7. The third-order valence-electron chi connectivity index (χ3n) is 6.42. The Balaban J connectivity index is 1.18. The van der Waals surface area contributed by atoms with Gasteiger partial charge in [-0.25, -0.2) is 14.8 Å². The molecule has 0 saturated carbocycles. The molecule has 1 aliphatic heterocycles. The van der Waals surface area contributed by atoms with Crippen LogP contribution in [0.4, 0.5) is 17.1 Å². The van der Waals surface area contributed by atoms with Crippen molar-refractivity contribution in [3.05, 3.63) is 122 Å². The smallest absolute Gasteiger partial charge is 0.335 e. The molecule has 0 spiro atoms. The fraction of sp³-hybridized carbons (Fsp3) is 0. The minimum atomic E-state index is -1.06. The van der Waals surface area contributed by atoms with E-state index < -0.39 is 16.8 Å². The lowest BCUT2D eigenvalue weighted by Gasteiger charge is -2.06. The van der Waals surface area contributed by atoms with E-state index in [1.165, 1.54) is 47.7 Å². The molecular formula is C31H18ClN5O6S3. The molecule has 4 aromatic carbocycles. The van der Waals surface area contributed by atoms with Gasteiger partial charge in [0.1, 0.15) is 0 Å². The molecule has 15 heteroatoms. The second-order valence-corrected chi connectivity index (χ2v) is 13.3. The summed E-state index contributed by atoms with van der Waals surface area (Å²) in [5, 5.41) is 27.2. The molecule has 5 aromatic rings. The van der Waals surface area contributed by atoms with Gasteiger partial charge in [-0.1, -0.05) is 41.6 Å². The number of anilines is 1. The molecule has 2 heterocycles. The van der Waals surface area contributed by atoms with Crippen molar-refractivity contribution in [3.63, 3.8) is 0 Å². The zero-order chi connectivity index (χ0) is 32.4. The van der Waals surface area contributed by atoms with Crippen molar-refractivity contribution in [2.24, 2.45) is 4.99 Å². The van der Waals surface area contributed by atoms with E-state index in [9.17, 15) is 24.5 Å². The van der Waals surface area contributed by atoms with Crippen LogP contribution < -0.4 is 10.6 Å². The van der Waals surface area contributed by atoms with Gasteiger partial charge in [0.2, 0.25) is 0 Å². The van der Waals surface area contributed by atoms with Crippen LogP contribution in [0.25, 0.3) is 16.3 Å². The van der Waals surface area contributed by atoms with Gasteiger partial charge in [0.05, 0.1) is 46.8 Å². The van der Waals surface area contributed by atoms with Crippen LogP contribution >= 0.6 is 46.5 Å². The molecule has 2 amide bonds. The predicted molar refractivity (Wildman–Crippen MR) is 180 cm³/mol. The van der Waals surface area contributed by atoms with Crippen LogP contribution in [0.15, 0.2) is 104 Å². The monoisotopic (exact) mass is 687 g/mol. The zero-order valence-corrected chi connectivity index (χ0v) is 26.3. The highest BCUT2D eigenvalue weighted by molar-refractivity contribution is 8.18. The number of hydrogen-bond donors (Lipinski definition) is 3. The number of amides is 2. The van der Waals surface area contributed by atoms with Crippen LogP contribution in [0.5, 0.6) is 0 Å². The van der Waals surface area contributed by atoms with Crippen LogP contribution in [-0.4, -0.2) is 38.0 Å². The molecule has 1 aromatic heterocycles. The Labute approximate surface area is 277 Å². The average Bonchev–Trinajstić information content (AvgIpc) is 3.59. The molecular weight excluding hydrogens is 670 g/mol. The fourth-order valence-corrected chi connectivity index (χ4v) is 7.45. The number of aromatic carboxylic acids is 1. The molecule has 0 atom stereocenters. The summed E-state index contributed by atoms with van der Waals surface area (Å²) in [5.41, 5.74) is 2.45. The summed E-state index contributed by atoms with van der Waals surface area (Å²) in [6.45, 7) is 0. The molecule has 0 bridgehead atoms. The number of amidine groups is 1. The van der Waals surface area contributed by atoms with Gasteiger partial charge >= 0.3 is 5.97 Å². The first kappa shape index (κ1) is 31.0. The highest BCUT2D eigenvalue weighted by atomic mass is 35.5. The highest BCUT2D eigenvalue weighted by Crippen LogP contribution is 2.40. The van der Waals surface area contributed by atoms with Gasteiger partial charge in [0.15, 0.2) is 9.51 Å². The molecule has 0 unspecified atom stereocenters. The Hall–Kier alpha value is -5.02. The van der Waals surface area contributed by atoms with Gasteiger partial charge in [-0.2, -0.15) is 0 Å². The summed E-state index contributed by atoms with van der Waals surface area (Å²) in [5.74, 6) is -1.82. The summed E-state index contributed by atoms with van der Waals surface area (Å²) in [7, 11) is 0. The number of aromatic nitrogens is 1. The number of hydrogen-bond acceptors (Lipinski definition) is 10. The number of thioether (sulfide) groups is 1. The summed E-state index contributed by atoms with van der Waals surface area (Å²) in [6, 6.07) is 22.5. The van der Waals surface area contributed by atoms with Crippen LogP contribution in [0, 0.1) is 10.1 Å². The van der Waals surface area contributed by atoms with Gasteiger partial charge in [0, 0.05) is 11.8 Å². The molecule has 46 heavy (non-hydrogen) atoms. The van der Waals surface area contributed by atoms with E-state index in [-0.39, 0.29) is 17.2 Å². The van der Waals surface area contributed by atoms with Crippen LogP contribution in [0.2, 0.25) is 5.02 Å². The average molecular weight is 688 g/mol. The SMILES string of the molecule is O=C1NC(=Nc2ccc(C(=O)O)cc2)S/C1=C\c1ccc(Sc2nc3ccc(NC(=O)c4ccccc4Cl)cc3s2)c([N+](=O)[O-])c1. The second-order valence-electron chi connectivity index (χ2n) is 9.52. The Morgan fingerprint density at radius 2 is 1.85 bits per heavy atom. The maximum absolute atomic E-state index is 12.7. The third kappa shape index (κ3) is 6.94. The number of rotatable bonds is 8. The fourth-order valence-electron chi connectivity index (χ4n) is 4.24. The first-order valence-electron chi connectivity index (χ1n) is 13.2. The topological polar surface area (TPSA) is 164 Å². The lowest BCUT2D eigenvalue weighted by atomic mass is 10.2. The number of halogens is 1. The minimum absolute atomic E-state index is 0.115. The minimum Gasteiger partial charge on any atom is -0.478 e. The first-order chi connectivity index (χ1) is 22.1. The molecule has 1 saturated heterocycles. The van der Waals surface area contributed by atoms with Crippen molar-refractivity contribution < 1.29 is 24.4 Å². The molecule has 1 fully saturated rings. The Morgan fingerprint density at radius 1 is 1.07 bits per heavy atom. The molecule has 0 aliphatic carbocycles. The van der Waals surface area contributed by atoms with Crippen molar-refractivity contribution in [3.8, 4) is 0 Å².